The topological polar surface area (TPSA) is 29.3 Å². The van der Waals surface area contributed by atoms with E-state index in [1.54, 1.807) is 0 Å². The average Bonchev–Trinajstić information content (AvgIpc) is 2.71. The van der Waals surface area contributed by atoms with Gasteiger partial charge in [0.05, 0.1) is 0 Å². The van der Waals surface area contributed by atoms with E-state index in [1.807, 2.05) is 0 Å². The van der Waals surface area contributed by atoms with Gasteiger partial charge in [-0.15, -0.1) is 0 Å². The Kier molecular flexibility index (Phi) is 6.20. The SMILES string of the molecule is CCCCCCC(CN)N1CCCC1. The second-order valence-corrected chi connectivity index (χ2v) is 4.48. The Morgan fingerprint density at radius 2 is 1.86 bits per heavy atom. The van der Waals surface area contributed by atoms with Crippen LogP contribution in [0.25, 0.3) is 0 Å². The third-order valence-electron chi connectivity index (χ3n) is 3.32. The van der Waals surface area contributed by atoms with Crippen LogP contribution in [0.2, 0.25) is 0 Å². The van der Waals surface area contributed by atoms with E-state index in [0.717, 1.165) is 6.54 Å². The van der Waals surface area contributed by atoms with Crippen molar-refractivity contribution in [3.8, 4) is 0 Å². The highest BCUT2D eigenvalue weighted by Crippen LogP contribution is 2.16. The number of rotatable bonds is 7. The zero-order chi connectivity index (χ0) is 10.2. The monoisotopic (exact) mass is 198 g/mol. The molecule has 0 saturated carbocycles. The number of unbranched alkanes of at least 4 members (excludes halogenated alkanes) is 3. The highest BCUT2D eigenvalue weighted by atomic mass is 15.2. The summed E-state index contributed by atoms with van der Waals surface area (Å²) in [6, 6.07) is 0.675. The molecule has 1 atom stereocenters. The quantitative estimate of drug-likeness (QED) is 0.636. The van der Waals surface area contributed by atoms with E-state index in [9.17, 15) is 0 Å². The second kappa shape index (κ2) is 7.24. The molecule has 1 aliphatic heterocycles. The van der Waals surface area contributed by atoms with Gasteiger partial charge in [-0.25, -0.2) is 0 Å². The molecule has 0 aromatic rings. The summed E-state index contributed by atoms with van der Waals surface area (Å²) in [6.45, 7) is 5.69. The Balaban J connectivity index is 2.11. The van der Waals surface area contributed by atoms with Crippen molar-refractivity contribution in [3.63, 3.8) is 0 Å². The van der Waals surface area contributed by atoms with E-state index >= 15 is 0 Å². The number of nitrogens with zero attached hydrogens (tertiary/aromatic N) is 1. The van der Waals surface area contributed by atoms with E-state index < -0.39 is 0 Å². The van der Waals surface area contributed by atoms with Crippen molar-refractivity contribution >= 4 is 0 Å². The fraction of sp³-hybridized carbons (Fsp3) is 1.00. The van der Waals surface area contributed by atoms with Crippen molar-refractivity contribution in [2.75, 3.05) is 19.6 Å². The molecule has 0 spiro atoms. The summed E-state index contributed by atoms with van der Waals surface area (Å²) >= 11 is 0. The molecule has 1 rings (SSSR count). The first-order valence-electron chi connectivity index (χ1n) is 6.32. The Morgan fingerprint density at radius 3 is 2.43 bits per heavy atom. The van der Waals surface area contributed by atoms with Gasteiger partial charge in [0.1, 0.15) is 0 Å². The summed E-state index contributed by atoms with van der Waals surface area (Å²) in [7, 11) is 0. The number of nitrogens with two attached hydrogens (primary N) is 1. The third kappa shape index (κ3) is 3.97. The standard InChI is InChI=1S/C12H26N2/c1-2-3-4-5-8-12(11-13)14-9-6-7-10-14/h12H,2-11,13H2,1H3. The van der Waals surface area contributed by atoms with Crippen molar-refractivity contribution < 1.29 is 0 Å². The fourth-order valence-electron chi connectivity index (χ4n) is 2.36. The first-order valence-corrected chi connectivity index (χ1v) is 6.32. The first kappa shape index (κ1) is 12.0. The molecule has 0 aromatic heterocycles. The van der Waals surface area contributed by atoms with Gasteiger partial charge in [-0.1, -0.05) is 32.6 Å². The van der Waals surface area contributed by atoms with Crippen LogP contribution in [0.4, 0.5) is 0 Å². The molecule has 0 radical (unpaired) electrons. The van der Waals surface area contributed by atoms with E-state index in [-0.39, 0.29) is 0 Å². The minimum Gasteiger partial charge on any atom is -0.329 e. The van der Waals surface area contributed by atoms with Crippen LogP contribution in [0.3, 0.4) is 0 Å². The summed E-state index contributed by atoms with van der Waals surface area (Å²) < 4.78 is 0. The fourth-order valence-corrected chi connectivity index (χ4v) is 2.36. The van der Waals surface area contributed by atoms with Gasteiger partial charge in [-0.05, 0) is 32.4 Å². The lowest BCUT2D eigenvalue weighted by Crippen LogP contribution is -2.38. The molecule has 1 saturated heterocycles. The van der Waals surface area contributed by atoms with Crippen LogP contribution in [0.5, 0.6) is 0 Å². The lowest BCUT2D eigenvalue weighted by Gasteiger charge is -2.26. The minimum absolute atomic E-state index is 0.675. The molecule has 2 nitrogen and oxygen atoms in total. The zero-order valence-electron chi connectivity index (χ0n) is 9.67. The minimum atomic E-state index is 0.675. The Bertz CT molecular complexity index is 130. The maximum atomic E-state index is 5.83. The van der Waals surface area contributed by atoms with Gasteiger partial charge in [0, 0.05) is 12.6 Å². The molecule has 84 valence electrons. The van der Waals surface area contributed by atoms with Crippen LogP contribution in [0.15, 0.2) is 0 Å². The van der Waals surface area contributed by atoms with Gasteiger partial charge < -0.3 is 5.73 Å². The molecular formula is C12H26N2. The van der Waals surface area contributed by atoms with Crippen molar-refractivity contribution in [2.24, 2.45) is 5.73 Å². The summed E-state index contributed by atoms with van der Waals surface area (Å²) in [4.78, 5) is 2.59. The van der Waals surface area contributed by atoms with E-state index in [2.05, 4.69) is 11.8 Å². The Hall–Kier alpha value is -0.0800. The molecule has 0 aromatic carbocycles. The molecule has 0 bridgehead atoms. The summed E-state index contributed by atoms with van der Waals surface area (Å²) in [5.41, 5.74) is 5.83. The van der Waals surface area contributed by atoms with Gasteiger partial charge in [-0.3, -0.25) is 4.90 Å². The van der Waals surface area contributed by atoms with E-state index in [0.29, 0.717) is 6.04 Å². The second-order valence-electron chi connectivity index (χ2n) is 4.48. The molecule has 1 heterocycles. The lowest BCUT2D eigenvalue weighted by molar-refractivity contribution is 0.231. The van der Waals surface area contributed by atoms with E-state index in [4.69, 9.17) is 5.73 Å². The smallest absolute Gasteiger partial charge is 0.0218 e. The molecule has 1 unspecified atom stereocenters. The van der Waals surface area contributed by atoms with E-state index in [1.165, 1.54) is 58.0 Å². The third-order valence-corrected chi connectivity index (χ3v) is 3.32. The Morgan fingerprint density at radius 1 is 1.14 bits per heavy atom. The van der Waals surface area contributed by atoms with Gasteiger partial charge >= 0.3 is 0 Å². The molecule has 2 N–H and O–H groups in total. The van der Waals surface area contributed by atoms with Crippen molar-refractivity contribution in [1.82, 2.24) is 4.90 Å². The molecular weight excluding hydrogens is 172 g/mol. The van der Waals surface area contributed by atoms with Crippen LogP contribution in [-0.4, -0.2) is 30.6 Å². The highest BCUT2D eigenvalue weighted by molar-refractivity contribution is 4.76. The number of likely N-dealkylation sites (tertiary alicyclic amines) is 1. The normalized spacial score (nSPS) is 20.1. The first-order chi connectivity index (χ1) is 6.88. The van der Waals surface area contributed by atoms with Crippen LogP contribution < -0.4 is 5.73 Å². The number of hydrogen-bond acceptors (Lipinski definition) is 2. The summed E-state index contributed by atoms with van der Waals surface area (Å²) in [5, 5.41) is 0. The van der Waals surface area contributed by atoms with Crippen LogP contribution >= 0.6 is 0 Å². The predicted octanol–water partition coefficient (Wildman–Crippen LogP) is 2.38. The van der Waals surface area contributed by atoms with Crippen LogP contribution in [0.1, 0.15) is 51.9 Å². The van der Waals surface area contributed by atoms with Crippen LogP contribution in [0, 0.1) is 0 Å². The summed E-state index contributed by atoms with van der Waals surface area (Å²) in [6.07, 6.45) is 9.55. The molecule has 1 fully saturated rings. The molecule has 0 aliphatic carbocycles. The van der Waals surface area contributed by atoms with Crippen LogP contribution in [-0.2, 0) is 0 Å². The largest absolute Gasteiger partial charge is 0.329 e. The highest BCUT2D eigenvalue weighted by Gasteiger charge is 2.19. The maximum absolute atomic E-state index is 5.83. The molecule has 2 heteroatoms. The average molecular weight is 198 g/mol. The maximum Gasteiger partial charge on any atom is 0.0218 e. The number of hydrogen-bond donors (Lipinski definition) is 1. The molecule has 14 heavy (non-hydrogen) atoms. The van der Waals surface area contributed by atoms with Gasteiger partial charge in [0.15, 0.2) is 0 Å². The molecule has 1 aliphatic rings. The predicted molar refractivity (Wildman–Crippen MR) is 62.4 cm³/mol. The zero-order valence-corrected chi connectivity index (χ0v) is 9.67. The van der Waals surface area contributed by atoms with Gasteiger partial charge in [0.25, 0.3) is 0 Å². The van der Waals surface area contributed by atoms with Crippen molar-refractivity contribution in [1.29, 1.82) is 0 Å². The van der Waals surface area contributed by atoms with Gasteiger partial charge in [-0.2, -0.15) is 0 Å². The van der Waals surface area contributed by atoms with Crippen molar-refractivity contribution in [2.45, 2.75) is 57.9 Å². The summed E-state index contributed by atoms with van der Waals surface area (Å²) in [5.74, 6) is 0. The molecule has 0 amide bonds. The van der Waals surface area contributed by atoms with Gasteiger partial charge in [0.2, 0.25) is 0 Å². The van der Waals surface area contributed by atoms with Crippen molar-refractivity contribution in [3.05, 3.63) is 0 Å². The lowest BCUT2D eigenvalue weighted by atomic mass is 10.1. The Labute approximate surface area is 88.8 Å².